The Kier molecular flexibility index (Phi) is 21.4. The van der Waals surface area contributed by atoms with Crippen molar-refractivity contribution in [3.8, 4) is 29.5 Å². The molecule has 3 aromatic carbocycles. The van der Waals surface area contributed by atoms with E-state index < -0.39 is 52.2 Å². The number of aldehydes is 1. The fraction of sp³-hybridized carbons (Fsp3) is 0.436. The Bertz CT molecular complexity index is 3100. The molecule has 2 aliphatic heterocycles. The molecule has 24 heteroatoms. The molecule has 79 heavy (non-hydrogen) atoms. The molecule has 420 valence electrons. The summed E-state index contributed by atoms with van der Waals surface area (Å²) < 4.78 is 123. The zero-order valence-electron chi connectivity index (χ0n) is 42.6. The normalized spacial score (nSPS) is 18.3. The molecule has 3 saturated carbocycles. The first-order valence-electron chi connectivity index (χ1n) is 24.4. The maximum atomic E-state index is 13.3. The van der Waals surface area contributed by atoms with E-state index in [0.717, 1.165) is 17.0 Å². The van der Waals surface area contributed by atoms with Crippen LogP contribution in [0.2, 0.25) is 0 Å². The number of carbonyl (C=O) groups is 3. The van der Waals surface area contributed by atoms with Crippen LogP contribution < -0.4 is 10.9 Å². The molecule has 0 bridgehead atoms. The van der Waals surface area contributed by atoms with E-state index in [1.54, 1.807) is 13.0 Å². The number of halogens is 11. The van der Waals surface area contributed by atoms with Gasteiger partial charge in [0.1, 0.15) is 36.0 Å². The van der Waals surface area contributed by atoms with Crippen molar-refractivity contribution in [2.24, 2.45) is 11.8 Å². The van der Waals surface area contributed by atoms with Crippen molar-refractivity contribution in [2.75, 3.05) is 23.6 Å². The van der Waals surface area contributed by atoms with E-state index in [1.807, 2.05) is 19.1 Å². The van der Waals surface area contributed by atoms with Gasteiger partial charge in [0.2, 0.25) is 0 Å². The number of alkyl halides is 11. The third kappa shape index (κ3) is 15.0. The van der Waals surface area contributed by atoms with Gasteiger partial charge >= 0.3 is 24.5 Å². The molecule has 5 aliphatic rings. The molecule has 2 atom stereocenters. The van der Waals surface area contributed by atoms with Gasteiger partial charge in [-0.15, -0.1) is 11.6 Å². The lowest BCUT2D eigenvalue weighted by molar-refractivity contribution is -0.161. The fourth-order valence-corrected chi connectivity index (χ4v) is 10.2. The van der Waals surface area contributed by atoms with E-state index in [9.17, 15) is 64.0 Å². The molecular weight excluding hydrogens is 1180 g/mol. The second-order valence-corrected chi connectivity index (χ2v) is 21.7. The number of hydrogen-bond donors (Lipinski definition) is 1. The number of benzene rings is 3. The molecule has 9 rings (SSSR count). The second kappa shape index (κ2) is 26.5. The topological polar surface area (TPSA) is 179 Å². The third-order valence-corrected chi connectivity index (χ3v) is 16.7. The third-order valence-electron chi connectivity index (χ3n) is 13.5. The molecule has 0 saturated heterocycles. The van der Waals surface area contributed by atoms with Crippen molar-refractivity contribution in [1.82, 2.24) is 14.9 Å². The number of thiocarbonyl (C=S) groups is 1. The first kappa shape index (κ1) is 63.8. The molecule has 2 unspecified atom stereocenters. The highest BCUT2D eigenvalue weighted by molar-refractivity contribution is 9.09. The smallest absolute Gasteiger partial charge is 0.398 e. The Balaban J connectivity index is 0.000000199. The van der Waals surface area contributed by atoms with Crippen LogP contribution in [0.25, 0.3) is 16.8 Å². The minimum Gasteiger partial charge on any atom is -0.465 e. The molecule has 1 aromatic heterocycles. The van der Waals surface area contributed by atoms with Gasteiger partial charge in [0, 0.05) is 41.1 Å². The van der Waals surface area contributed by atoms with E-state index in [1.165, 1.54) is 89.1 Å². The van der Waals surface area contributed by atoms with Crippen LogP contribution in [0.15, 0.2) is 88.3 Å². The van der Waals surface area contributed by atoms with Crippen molar-refractivity contribution in [3.05, 3.63) is 122 Å². The van der Waals surface area contributed by atoms with E-state index in [4.69, 9.17) is 34.3 Å². The highest BCUT2D eigenvalue weighted by Crippen LogP contribution is 2.61. The van der Waals surface area contributed by atoms with Gasteiger partial charge in [-0.05, 0) is 85.1 Å². The summed E-state index contributed by atoms with van der Waals surface area (Å²) in [6, 6.07) is 22.9. The maximum absolute atomic E-state index is 13.3. The zero-order chi connectivity index (χ0) is 58.7. The number of carbonyl (C=O) groups excluding carboxylic acids is 3. The summed E-state index contributed by atoms with van der Waals surface area (Å²) in [6.07, 6.45) is -11.4. The molecule has 1 amide bonds. The molecule has 4 aromatic rings. The standard InChI is InChI=1S/C19H16F3N3OS.C16H11F3N2OS.C11H9F3O.C5H7NO2.C4H8BrCl/c1-11-9-25-16(26)14(8-23)15(24-17(25)27-10-11)12-2-4-13(5-3-12)18(6-7-18)19(20,21)22;17-16(18,19)15(5-6-15)10-3-1-9(2-4-10)11-7-13(23)21-14(22)12(11)8-20;12-11(13,14)10(5-6-10)9-3-1-8(7-15)2-4-9;1-2-8-5(7)3-4-6;1-4(2-5)3-6/h2-5,11H,6-7,9-10H2,1H3;1-4H,5-7H2,(H,21,22,23);1-4,7H,5-6H2;2-3H2,1H3;4H,2-3H2,1H3. The van der Waals surface area contributed by atoms with Gasteiger partial charge in [-0.2, -0.15) is 55.3 Å². The van der Waals surface area contributed by atoms with Gasteiger partial charge in [0.25, 0.3) is 11.5 Å². The lowest BCUT2D eigenvalue weighted by Crippen LogP contribution is -2.34. The number of nitrogens with one attached hydrogen (secondary N) is 1. The van der Waals surface area contributed by atoms with E-state index >= 15 is 0 Å². The SMILES string of the molecule is CC(CCl)CBr.CC1CSc2nc(-c3ccc(C4(C(F)(F)F)CC4)cc3)c(C#N)c(=O)n2C1.CCOC(=O)CC#N.N#CC1=C(c2ccc(C3(C(F)(F)F)CC3)cc2)CC(=S)NC1=O.O=Cc1ccc(C2(C(F)(F)F)CC2)cc1. The fourth-order valence-electron chi connectivity index (χ4n) is 8.40. The molecule has 0 spiro atoms. The van der Waals surface area contributed by atoms with Crippen LogP contribution in [0.4, 0.5) is 39.5 Å². The van der Waals surface area contributed by atoms with Crippen molar-refractivity contribution >= 4 is 80.2 Å². The summed E-state index contributed by atoms with van der Waals surface area (Å²) in [5.41, 5.74) is -2.85. The molecule has 3 heterocycles. The first-order valence-corrected chi connectivity index (χ1v) is 27.5. The lowest BCUT2D eigenvalue weighted by Gasteiger charge is -2.23. The molecule has 0 radical (unpaired) electrons. The summed E-state index contributed by atoms with van der Waals surface area (Å²) >= 11 is 15.1. The van der Waals surface area contributed by atoms with Crippen LogP contribution in [0.3, 0.4) is 0 Å². The van der Waals surface area contributed by atoms with Crippen LogP contribution in [0, 0.1) is 45.8 Å². The summed E-state index contributed by atoms with van der Waals surface area (Å²) in [5, 5.41) is 30.5. The number of fused-ring (bicyclic) bond motifs is 1. The first-order chi connectivity index (χ1) is 37.2. The average molecular weight is 1230 g/mol. The quantitative estimate of drug-likeness (QED) is 0.0399. The van der Waals surface area contributed by atoms with Crippen molar-refractivity contribution < 1.29 is 58.6 Å². The zero-order valence-corrected chi connectivity index (χ0v) is 46.6. The second-order valence-electron chi connectivity index (χ2n) is 19.3. The number of esters is 1. The Morgan fingerprint density at radius 1 is 0.848 bits per heavy atom. The number of amides is 1. The number of nitrogens with zero attached hydrogens (tertiary/aromatic N) is 5. The highest BCUT2D eigenvalue weighted by Gasteiger charge is 2.65. The maximum Gasteiger partial charge on any atom is 0.398 e. The molecule has 11 nitrogen and oxygen atoms in total. The summed E-state index contributed by atoms with van der Waals surface area (Å²) in [4.78, 5) is 49.8. The van der Waals surface area contributed by atoms with Gasteiger partial charge in [-0.3, -0.25) is 23.7 Å². The summed E-state index contributed by atoms with van der Waals surface area (Å²) in [7, 11) is 0. The summed E-state index contributed by atoms with van der Waals surface area (Å²) in [5.74, 6) is 1.48. The number of nitriles is 3. The molecule has 3 fully saturated rings. The number of thioether (sulfide) groups is 1. The highest BCUT2D eigenvalue weighted by atomic mass is 79.9. The van der Waals surface area contributed by atoms with Crippen LogP contribution in [0.5, 0.6) is 0 Å². The lowest BCUT2D eigenvalue weighted by atomic mass is 9.90. The van der Waals surface area contributed by atoms with Gasteiger partial charge in [-0.25, -0.2) is 4.98 Å². The Morgan fingerprint density at radius 2 is 1.32 bits per heavy atom. The molecular formula is C55H51BrClF9N6O5S2. The van der Waals surface area contributed by atoms with Gasteiger partial charge < -0.3 is 10.1 Å². The number of ether oxygens (including phenoxy) is 1. The Labute approximate surface area is 472 Å². The largest absolute Gasteiger partial charge is 0.465 e. The van der Waals surface area contributed by atoms with Crippen LogP contribution in [-0.4, -0.2) is 74.8 Å². The van der Waals surface area contributed by atoms with E-state index in [2.05, 4.69) is 37.9 Å². The predicted octanol–water partition coefficient (Wildman–Crippen LogP) is 13.3. The van der Waals surface area contributed by atoms with E-state index in [-0.39, 0.29) is 84.9 Å². The van der Waals surface area contributed by atoms with Crippen LogP contribution in [-0.2, 0) is 37.1 Å². The van der Waals surface area contributed by atoms with Crippen molar-refractivity contribution in [3.63, 3.8) is 0 Å². The van der Waals surface area contributed by atoms with Gasteiger partial charge in [-0.1, -0.05) is 127 Å². The van der Waals surface area contributed by atoms with Crippen molar-refractivity contribution in [1.29, 1.82) is 15.8 Å². The van der Waals surface area contributed by atoms with Crippen molar-refractivity contribution in [2.45, 2.75) is 119 Å². The Morgan fingerprint density at radius 3 is 1.68 bits per heavy atom. The molecule has 1 N–H and O–H groups in total. The number of hydrogen-bond acceptors (Lipinski definition) is 11. The van der Waals surface area contributed by atoms with Crippen LogP contribution in [0.1, 0.15) is 110 Å². The van der Waals surface area contributed by atoms with Gasteiger partial charge in [0.05, 0.1) is 39.6 Å². The minimum absolute atomic E-state index is 0.0525. The number of aromatic nitrogens is 2. The average Bonchev–Trinajstić information content (AvgIpc) is 4.37. The summed E-state index contributed by atoms with van der Waals surface area (Å²) in [6.45, 7) is 6.68. The van der Waals surface area contributed by atoms with Crippen LogP contribution >= 0.6 is 51.5 Å². The Hall–Kier alpha value is -6.06. The monoisotopic (exact) mass is 1220 g/mol. The predicted molar refractivity (Wildman–Crippen MR) is 286 cm³/mol. The minimum atomic E-state index is -4.28. The number of rotatable bonds is 10. The van der Waals surface area contributed by atoms with E-state index in [0.29, 0.717) is 63.7 Å². The van der Waals surface area contributed by atoms with Gasteiger partial charge in [0.15, 0.2) is 5.16 Å². The molecule has 3 aliphatic carbocycles.